The van der Waals surface area contributed by atoms with Crippen molar-refractivity contribution in [3.63, 3.8) is 0 Å². The standard InChI is InChI=1S/C12H15Cl2N/c13-11-3-1-2-10(12(11)14)8-4-6-9(15)7-5-8/h1-3,8-9H,4-7,15H2. The van der Waals surface area contributed by atoms with E-state index in [0.29, 0.717) is 17.0 Å². The molecule has 0 amide bonds. The van der Waals surface area contributed by atoms with Crippen molar-refractivity contribution in [1.82, 2.24) is 0 Å². The average molecular weight is 244 g/mol. The molecule has 0 heterocycles. The quantitative estimate of drug-likeness (QED) is 0.794. The van der Waals surface area contributed by atoms with Gasteiger partial charge in [0.15, 0.2) is 0 Å². The number of hydrogen-bond acceptors (Lipinski definition) is 1. The van der Waals surface area contributed by atoms with Crippen molar-refractivity contribution in [3.8, 4) is 0 Å². The molecule has 2 rings (SSSR count). The third-order valence-electron chi connectivity index (χ3n) is 3.19. The maximum absolute atomic E-state index is 6.20. The van der Waals surface area contributed by atoms with E-state index >= 15 is 0 Å². The zero-order valence-corrected chi connectivity index (χ0v) is 10.1. The fraction of sp³-hybridized carbons (Fsp3) is 0.500. The van der Waals surface area contributed by atoms with Crippen molar-refractivity contribution in [1.29, 1.82) is 0 Å². The predicted octanol–water partition coefficient (Wildman–Crippen LogP) is 3.98. The molecule has 0 spiro atoms. The van der Waals surface area contributed by atoms with Gasteiger partial charge < -0.3 is 5.73 Å². The number of benzene rings is 1. The van der Waals surface area contributed by atoms with Crippen LogP contribution in [0.25, 0.3) is 0 Å². The molecule has 0 saturated heterocycles. The van der Waals surface area contributed by atoms with Gasteiger partial charge in [-0.2, -0.15) is 0 Å². The summed E-state index contributed by atoms with van der Waals surface area (Å²) >= 11 is 12.2. The van der Waals surface area contributed by atoms with Gasteiger partial charge >= 0.3 is 0 Å². The largest absolute Gasteiger partial charge is 0.328 e. The van der Waals surface area contributed by atoms with E-state index in [9.17, 15) is 0 Å². The summed E-state index contributed by atoms with van der Waals surface area (Å²) in [6, 6.07) is 6.26. The molecule has 0 atom stereocenters. The van der Waals surface area contributed by atoms with Crippen molar-refractivity contribution in [2.45, 2.75) is 37.6 Å². The Morgan fingerprint density at radius 3 is 2.40 bits per heavy atom. The van der Waals surface area contributed by atoms with Crippen LogP contribution in [0.15, 0.2) is 18.2 Å². The maximum Gasteiger partial charge on any atom is 0.0627 e. The van der Waals surface area contributed by atoms with Crippen LogP contribution < -0.4 is 5.73 Å². The first-order chi connectivity index (χ1) is 7.18. The van der Waals surface area contributed by atoms with Crippen LogP contribution >= 0.6 is 23.2 Å². The van der Waals surface area contributed by atoms with Crippen LogP contribution in [0, 0.1) is 0 Å². The Morgan fingerprint density at radius 1 is 1.07 bits per heavy atom. The van der Waals surface area contributed by atoms with Gasteiger partial charge in [-0.15, -0.1) is 0 Å². The van der Waals surface area contributed by atoms with Crippen LogP contribution in [0.5, 0.6) is 0 Å². The molecule has 1 aromatic rings. The summed E-state index contributed by atoms with van der Waals surface area (Å²) in [6.45, 7) is 0. The highest BCUT2D eigenvalue weighted by Gasteiger charge is 2.22. The second-order valence-electron chi connectivity index (χ2n) is 4.25. The van der Waals surface area contributed by atoms with E-state index in [1.165, 1.54) is 5.56 Å². The lowest BCUT2D eigenvalue weighted by atomic mass is 9.82. The normalized spacial score (nSPS) is 26.6. The van der Waals surface area contributed by atoms with Gasteiger partial charge in [0.2, 0.25) is 0 Å². The van der Waals surface area contributed by atoms with Crippen LogP contribution in [0.2, 0.25) is 10.0 Å². The number of rotatable bonds is 1. The lowest BCUT2D eigenvalue weighted by molar-refractivity contribution is 0.395. The summed E-state index contributed by atoms with van der Waals surface area (Å²) in [6.07, 6.45) is 4.43. The van der Waals surface area contributed by atoms with Crippen LogP contribution in [0.1, 0.15) is 37.2 Å². The predicted molar refractivity (Wildman–Crippen MR) is 65.6 cm³/mol. The molecule has 3 heteroatoms. The van der Waals surface area contributed by atoms with E-state index in [1.54, 1.807) is 0 Å². The molecular formula is C12H15Cl2N. The monoisotopic (exact) mass is 243 g/mol. The molecule has 15 heavy (non-hydrogen) atoms. The molecule has 0 unspecified atom stereocenters. The number of halogens is 2. The average Bonchev–Trinajstić information content (AvgIpc) is 2.24. The summed E-state index contributed by atoms with van der Waals surface area (Å²) in [7, 11) is 0. The Balaban J connectivity index is 2.19. The van der Waals surface area contributed by atoms with Crippen LogP contribution in [0.3, 0.4) is 0 Å². The Hall–Kier alpha value is -0.240. The molecule has 0 aromatic heterocycles. The first kappa shape index (κ1) is 11.3. The van der Waals surface area contributed by atoms with Gasteiger partial charge in [0.25, 0.3) is 0 Å². The summed E-state index contributed by atoms with van der Waals surface area (Å²) in [4.78, 5) is 0. The van der Waals surface area contributed by atoms with Crippen LogP contribution in [0.4, 0.5) is 0 Å². The smallest absolute Gasteiger partial charge is 0.0627 e. The van der Waals surface area contributed by atoms with Crippen molar-refractivity contribution >= 4 is 23.2 Å². The first-order valence-electron chi connectivity index (χ1n) is 5.38. The van der Waals surface area contributed by atoms with E-state index < -0.39 is 0 Å². The highest BCUT2D eigenvalue weighted by Crippen LogP contribution is 2.38. The SMILES string of the molecule is NC1CCC(c2cccc(Cl)c2Cl)CC1. The maximum atomic E-state index is 6.20. The summed E-state index contributed by atoms with van der Waals surface area (Å²) in [5.41, 5.74) is 7.07. The van der Waals surface area contributed by atoms with E-state index in [1.807, 2.05) is 12.1 Å². The highest BCUT2D eigenvalue weighted by molar-refractivity contribution is 6.42. The van der Waals surface area contributed by atoms with Gasteiger partial charge in [0.05, 0.1) is 10.0 Å². The molecule has 1 nitrogen and oxygen atoms in total. The number of nitrogens with two attached hydrogens (primary N) is 1. The summed E-state index contributed by atoms with van der Waals surface area (Å²) < 4.78 is 0. The van der Waals surface area contributed by atoms with Gasteiger partial charge in [0.1, 0.15) is 0 Å². The molecule has 1 fully saturated rings. The van der Waals surface area contributed by atoms with E-state index in [0.717, 1.165) is 30.7 Å². The molecule has 1 saturated carbocycles. The van der Waals surface area contributed by atoms with E-state index in [2.05, 4.69) is 6.07 Å². The van der Waals surface area contributed by atoms with Crippen molar-refractivity contribution < 1.29 is 0 Å². The zero-order valence-electron chi connectivity index (χ0n) is 8.55. The molecule has 1 aliphatic carbocycles. The van der Waals surface area contributed by atoms with Crippen molar-refractivity contribution in [2.24, 2.45) is 5.73 Å². The first-order valence-corrected chi connectivity index (χ1v) is 6.13. The highest BCUT2D eigenvalue weighted by atomic mass is 35.5. The molecule has 82 valence electrons. The Bertz CT molecular complexity index is 343. The molecule has 1 aliphatic rings. The molecule has 0 bridgehead atoms. The minimum Gasteiger partial charge on any atom is -0.328 e. The third kappa shape index (κ3) is 2.47. The fourth-order valence-electron chi connectivity index (χ4n) is 2.27. The number of hydrogen-bond donors (Lipinski definition) is 1. The van der Waals surface area contributed by atoms with Crippen LogP contribution in [-0.2, 0) is 0 Å². The van der Waals surface area contributed by atoms with Gasteiger partial charge in [-0.3, -0.25) is 0 Å². The fourth-order valence-corrected chi connectivity index (χ4v) is 2.73. The Labute approximate surface area is 101 Å². The Kier molecular flexibility index (Phi) is 3.55. The third-order valence-corrected chi connectivity index (χ3v) is 4.03. The van der Waals surface area contributed by atoms with E-state index in [4.69, 9.17) is 28.9 Å². The lowest BCUT2D eigenvalue weighted by Gasteiger charge is -2.27. The molecule has 0 radical (unpaired) electrons. The molecule has 1 aromatic carbocycles. The van der Waals surface area contributed by atoms with Crippen molar-refractivity contribution in [3.05, 3.63) is 33.8 Å². The van der Waals surface area contributed by atoms with Crippen molar-refractivity contribution in [2.75, 3.05) is 0 Å². The minimum atomic E-state index is 0.374. The minimum absolute atomic E-state index is 0.374. The summed E-state index contributed by atoms with van der Waals surface area (Å²) in [5.74, 6) is 0.538. The second kappa shape index (κ2) is 4.73. The molecule has 0 aliphatic heterocycles. The second-order valence-corrected chi connectivity index (χ2v) is 5.04. The van der Waals surface area contributed by atoms with Gasteiger partial charge in [-0.1, -0.05) is 35.3 Å². The summed E-state index contributed by atoms with van der Waals surface area (Å²) in [5, 5.41) is 1.38. The molecular weight excluding hydrogens is 229 g/mol. The van der Waals surface area contributed by atoms with E-state index in [-0.39, 0.29) is 0 Å². The Morgan fingerprint density at radius 2 is 1.73 bits per heavy atom. The lowest BCUT2D eigenvalue weighted by Crippen LogP contribution is -2.25. The topological polar surface area (TPSA) is 26.0 Å². The molecule has 2 N–H and O–H groups in total. The van der Waals surface area contributed by atoms with Gasteiger partial charge in [-0.25, -0.2) is 0 Å². The van der Waals surface area contributed by atoms with Gasteiger partial charge in [-0.05, 0) is 43.2 Å². The van der Waals surface area contributed by atoms with Gasteiger partial charge in [0, 0.05) is 6.04 Å². The van der Waals surface area contributed by atoms with Crippen LogP contribution in [-0.4, -0.2) is 6.04 Å². The zero-order chi connectivity index (χ0) is 10.8.